The lowest BCUT2D eigenvalue weighted by atomic mass is 10.2. The maximum Gasteiger partial charge on any atom is 0.165 e. The maximum atomic E-state index is 13.9. The molecule has 0 unspecified atom stereocenters. The van der Waals surface area contributed by atoms with Crippen LogP contribution < -0.4 is 10.1 Å². The van der Waals surface area contributed by atoms with Crippen molar-refractivity contribution in [3.63, 3.8) is 0 Å². The Kier molecular flexibility index (Phi) is 5.57. The summed E-state index contributed by atoms with van der Waals surface area (Å²) in [6.07, 6.45) is 0. The van der Waals surface area contributed by atoms with E-state index in [1.807, 2.05) is 18.2 Å². The van der Waals surface area contributed by atoms with Gasteiger partial charge in [0, 0.05) is 17.5 Å². The molecule has 0 aliphatic heterocycles. The van der Waals surface area contributed by atoms with Crippen molar-refractivity contribution in [3.05, 3.63) is 50.4 Å². The van der Waals surface area contributed by atoms with Crippen LogP contribution in [-0.2, 0) is 13.2 Å². The van der Waals surface area contributed by atoms with Gasteiger partial charge in [-0.15, -0.1) is 11.3 Å². The third-order valence-corrected chi connectivity index (χ3v) is 4.31. The highest BCUT2D eigenvalue weighted by Gasteiger charge is 2.06. The molecule has 0 saturated carbocycles. The van der Waals surface area contributed by atoms with Gasteiger partial charge in [0.1, 0.15) is 6.61 Å². The lowest BCUT2D eigenvalue weighted by Gasteiger charge is -2.10. The molecule has 1 aromatic heterocycles. The molecular formula is C15H17BrFNOS. The van der Waals surface area contributed by atoms with Crippen molar-refractivity contribution in [2.75, 3.05) is 0 Å². The van der Waals surface area contributed by atoms with Crippen molar-refractivity contribution in [1.29, 1.82) is 0 Å². The van der Waals surface area contributed by atoms with E-state index in [2.05, 4.69) is 35.1 Å². The average Bonchev–Trinajstić information content (AvgIpc) is 2.81. The van der Waals surface area contributed by atoms with Crippen LogP contribution in [0.4, 0.5) is 4.39 Å². The molecule has 0 aliphatic rings. The fourth-order valence-corrected chi connectivity index (χ4v) is 3.07. The zero-order chi connectivity index (χ0) is 14.5. The number of hydrogen-bond acceptors (Lipinski definition) is 3. The Hall–Kier alpha value is -0.910. The summed E-state index contributed by atoms with van der Waals surface area (Å²) in [5, 5.41) is 3.26. The van der Waals surface area contributed by atoms with Gasteiger partial charge in [-0.25, -0.2) is 4.39 Å². The van der Waals surface area contributed by atoms with Gasteiger partial charge in [0.25, 0.3) is 0 Å². The molecule has 2 rings (SSSR count). The van der Waals surface area contributed by atoms with Crippen LogP contribution in [-0.4, -0.2) is 6.04 Å². The first-order chi connectivity index (χ1) is 9.54. The lowest BCUT2D eigenvalue weighted by Crippen LogP contribution is -2.21. The summed E-state index contributed by atoms with van der Waals surface area (Å²) in [6.45, 7) is 5.17. The van der Waals surface area contributed by atoms with Crippen LogP contribution in [0.25, 0.3) is 0 Å². The molecule has 108 valence electrons. The number of nitrogens with one attached hydrogen (secondary N) is 1. The van der Waals surface area contributed by atoms with Gasteiger partial charge >= 0.3 is 0 Å². The summed E-state index contributed by atoms with van der Waals surface area (Å²) in [5.74, 6) is -0.0218. The van der Waals surface area contributed by atoms with Crippen LogP contribution in [0.3, 0.4) is 0 Å². The minimum atomic E-state index is -0.316. The number of benzene rings is 1. The van der Waals surface area contributed by atoms with Crippen LogP contribution in [0.1, 0.15) is 24.3 Å². The van der Waals surface area contributed by atoms with Gasteiger partial charge < -0.3 is 10.1 Å². The second-order valence-corrected chi connectivity index (χ2v) is 7.34. The zero-order valence-corrected chi connectivity index (χ0v) is 13.9. The maximum absolute atomic E-state index is 13.9. The van der Waals surface area contributed by atoms with E-state index in [0.29, 0.717) is 24.9 Å². The first kappa shape index (κ1) is 15.5. The van der Waals surface area contributed by atoms with Gasteiger partial charge in [-0.2, -0.15) is 0 Å². The molecule has 0 aliphatic carbocycles. The van der Waals surface area contributed by atoms with E-state index < -0.39 is 0 Å². The average molecular weight is 358 g/mol. The second-order valence-electron chi connectivity index (χ2n) is 4.79. The normalized spacial score (nSPS) is 11.1. The number of hydrogen-bond donors (Lipinski definition) is 1. The van der Waals surface area contributed by atoms with Crippen molar-refractivity contribution in [3.8, 4) is 5.75 Å². The first-order valence-corrected chi connectivity index (χ1v) is 8.04. The van der Waals surface area contributed by atoms with Crippen molar-refractivity contribution < 1.29 is 9.13 Å². The van der Waals surface area contributed by atoms with Crippen molar-refractivity contribution in [2.45, 2.75) is 33.0 Å². The molecule has 0 spiro atoms. The SMILES string of the molecule is CC(C)NCc1ccc(OCc2ccc(Br)s2)c(F)c1. The van der Waals surface area contributed by atoms with Gasteiger partial charge in [0.2, 0.25) is 0 Å². The van der Waals surface area contributed by atoms with Gasteiger partial charge in [-0.05, 0) is 45.8 Å². The Bertz CT molecular complexity index is 571. The Labute approximate surface area is 131 Å². The fraction of sp³-hybridized carbons (Fsp3) is 0.333. The molecule has 5 heteroatoms. The van der Waals surface area contributed by atoms with E-state index in [9.17, 15) is 4.39 Å². The van der Waals surface area contributed by atoms with Crippen LogP contribution in [0, 0.1) is 5.82 Å². The summed E-state index contributed by atoms with van der Waals surface area (Å²) < 4.78 is 20.5. The molecular weight excluding hydrogens is 341 g/mol. The smallest absolute Gasteiger partial charge is 0.165 e. The molecule has 20 heavy (non-hydrogen) atoms. The summed E-state index contributed by atoms with van der Waals surface area (Å²) in [5.41, 5.74) is 0.919. The quantitative estimate of drug-likeness (QED) is 0.806. The van der Waals surface area contributed by atoms with E-state index in [1.165, 1.54) is 6.07 Å². The Morgan fingerprint density at radius 2 is 2.10 bits per heavy atom. The zero-order valence-electron chi connectivity index (χ0n) is 11.5. The van der Waals surface area contributed by atoms with Crippen LogP contribution in [0.5, 0.6) is 5.75 Å². The van der Waals surface area contributed by atoms with E-state index in [-0.39, 0.29) is 5.82 Å². The molecule has 0 fully saturated rings. The van der Waals surface area contributed by atoms with Crippen LogP contribution in [0.15, 0.2) is 34.1 Å². The molecule has 0 radical (unpaired) electrons. The lowest BCUT2D eigenvalue weighted by molar-refractivity contribution is 0.293. The van der Waals surface area contributed by atoms with Crippen molar-refractivity contribution in [1.82, 2.24) is 5.32 Å². The molecule has 1 heterocycles. The highest BCUT2D eigenvalue weighted by molar-refractivity contribution is 9.11. The van der Waals surface area contributed by atoms with Crippen LogP contribution in [0.2, 0.25) is 0 Å². The minimum absolute atomic E-state index is 0.294. The monoisotopic (exact) mass is 357 g/mol. The Morgan fingerprint density at radius 3 is 2.70 bits per heavy atom. The molecule has 2 aromatic rings. The van der Waals surface area contributed by atoms with Gasteiger partial charge in [0.05, 0.1) is 3.79 Å². The summed E-state index contributed by atoms with van der Waals surface area (Å²) in [6, 6.07) is 9.41. The van der Waals surface area contributed by atoms with E-state index in [0.717, 1.165) is 14.2 Å². The molecule has 0 bridgehead atoms. The summed E-state index contributed by atoms with van der Waals surface area (Å²) in [7, 11) is 0. The topological polar surface area (TPSA) is 21.3 Å². The van der Waals surface area contributed by atoms with E-state index in [4.69, 9.17) is 4.74 Å². The molecule has 0 atom stereocenters. The molecule has 1 N–H and O–H groups in total. The number of ether oxygens (including phenoxy) is 1. The Balaban J connectivity index is 1.95. The number of thiophene rings is 1. The summed E-state index contributed by atoms with van der Waals surface area (Å²) in [4.78, 5) is 1.06. The molecule has 2 nitrogen and oxygen atoms in total. The standard InChI is InChI=1S/C15H17BrFNOS/c1-10(2)18-8-11-3-5-14(13(17)7-11)19-9-12-4-6-15(16)20-12/h3-7,10,18H,8-9H2,1-2H3. The van der Waals surface area contributed by atoms with E-state index >= 15 is 0 Å². The number of halogens is 2. The predicted molar refractivity (Wildman–Crippen MR) is 84.7 cm³/mol. The number of rotatable bonds is 6. The Morgan fingerprint density at radius 1 is 1.30 bits per heavy atom. The molecule has 0 amide bonds. The molecule has 1 aromatic carbocycles. The fourth-order valence-electron chi connectivity index (χ4n) is 1.67. The highest BCUT2D eigenvalue weighted by atomic mass is 79.9. The van der Waals surface area contributed by atoms with E-state index in [1.54, 1.807) is 17.4 Å². The third-order valence-electron chi connectivity index (χ3n) is 2.71. The first-order valence-electron chi connectivity index (χ1n) is 6.43. The van der Waals surface area contributed by atoms with Gasteiger partial charge in [0.15, 0.2) is 11.6 Å². The minimum Gasteiger partial charge on any atom is -0.485 e. The second kappa shape index (κ2) is 7.20. The summed E-state index contributed by atoms with van der Waals surface area (Å²) >= 11 is 4.98. The largest absolute Gasteiger partial charge is 0.485 e. The highest BCUT2D eigenvalue weighted by Crippen LogP contribution is 2.25. The van der Waals surface area contributed by atoms with Crippen molar-refractivity contribution >= 4 is 27.3 Å². The van der Waals surface area contributed by atoms with Crippen molar-refractivity contribution in [2.24, 2.45) is 0 Å². The third kappa shape index (κ3) is 4.58. The molecule has 0 saturated heterocycles. The predicted octanol–water partition coefficient (Wildman–Crippen LogP) is 4.73. The van der Waals surface area contributed by atoms with Gasteiger partial charge in [-0.3, -0.25) is 0 Å². The van der Waals surface area contributed by atoms with Gasteiger partial charge in [-0.1, -0.05) is 19.9 Å². The van der Waals surface area contributed by atoms with Crippen LogP contribution >= 0.6 is 27.3 Å².